The zero-order valence-corrected chi connectivity index (χ0v) is 20.1. The first-order valence-corrected chi connectivity index (χ1v) is 11.7. The number of ether oxygens (including phenoxy) is 1. The van der Waals surface area contributed by atoms with E-state index in [4.69, 9.17) is 4.74 Å². The van der Waals surface area contributed by atoms with Crippen molar-refractivity contribution in [3.05, 3.63) is 65.2 Å². The number of aliphatic hydroxyl groups excluding tert-OH is 1. The monoisotopic (exact) mass is 483 g/mol. The Bertz CT molecular complexity index is 1030. The molecule has 188 valence electrons. The molecule has 9 heteroatoms. The van der Waals surface area contributed by atoms with Crippen molar-refractivity contribution in [3.8, 4) is 5.75 Å². The van der Waals surface area contributed by atoms with Crippen molar-refractivity contribution < 1.29 is 29.3 Å². The highest BCUT2D eigenvalue weighted by molar-refractivity contribution is 5.97. The summed E-state index contributed by atoms with van der Waals surface area (Å²) in [4.78, 5) is 40.4. The van der Waals surface area contributed by atoms with Gasteiger partial charge in [0.25, 0.3) is 11.8 Å². The van der Waals surface area contributed by atoms with Crippen molar-refractivity contribution in [1.29, 1.82) is 0 Å². The number of amides is 3. The predicted octanol–water partition coefficient (Wildman–Crippen LogP) is 1.16. The lowest BCUT2D eigenvalue weighted by Crippen LogP contribution is -2.56. The number of hydrogen-bond donors (Lipinski definition) is 4. The van der Waals surface area contributed by atoms with E-state index in [2.05, 4.69) is 10.6 Å². The highest BCUT2D eigenvalue weighted by Crippen LogP contribution is 2.22. The topological polar surface area (TPSA) is 128 Å². The molecule has 0 saturated carbocycles. The van der Waals surface area contributed by atoms with Gasteiger partial charge in [0.2, 0.25) is 5.91 Å². The van der Waals surface area contributed by atoms with Crippen LogP contribution in [-0.2, 0) is 20.7 Å². The Kier molecular flexibility index (Phi) is 9.22. The summed E-state index contributed by atoms with van der Waals surface area (Å²) in [7, 11) is 1.54. The van der Waals surface area contributed by atoms with Crippen LogP contribution in [0.4, 0.5) is 0 Å². The van der Waals surface area contributed by atoms with Gasteiger partial charge in [-0.15, -0.1) is 0 Å². The number of rotatable bonds is 10. The summed E-state index contributed by atoms with van der Waals surface area (Å²) in [6, 6.07) is 12.2. The molecule has 2 aromatic carbocycles. The number of aliphatic hydroxyl groups is 1. The summed E-state index contributed by atoms with van der Waals surface area (Å²) in [6.07, 6.45) is -0.228. The van der Waals surface area contributed by atoms with E-state index in [1.807, 2.05) is 30.3 Å². The number of nitrogens with one attached hydrogen (secondary N) is 2. The number of methoxy groups -OCH3 is 1. The van der Waals surface area contributed by atoms with E-state index in [0.717, 1.165) is 5.56 Å². The lowest BCUT2D eigenvalue weighted by Gasteiger charge is -2.30. The molecule has 1 fully saturated rings. The molecule has 3 atom stereocenters. The standard InChI is InChI=1S/C26H33N3O6/c1-17-19(10-6-12-22(17)30)24(32)28-20(16-18-8-4-3-5-9-18)23(31)26(34)29-14-7-11-21(29)25(33)27-13-15-35-2/h3-6,8-10,12,20-21,23,30-31H,7,11,13-16H2,1-2H3,(H,27,33)(H,28,32)/t20-,21-,23-/m0/s1. The van der Waals surface area contributed by atoms with Crippen LogP contribution >= 0.6 is 0 Å². The second-order valence-corrected chi connectivity index (χ2v) is 8.64. The van der Waals surface area contributed by atoms with E-state index in [-0.39, 0.29) is 23.6 Å². The van der Waals surface area contributed by atoms with Crippen molar-refractivity contribution >= 4 is 17.7 Å². The van der Waals surface area contributed by atoms with Crippen molar-refractivity contribution in [1.82, 2.24) is 15.5 Å². The average Bonchev–Trinajstić information content (AvgIpc) is 3.35. The Morgan fingerprint density at radius 1 is 1.14 bits per heavy atom. The molecular weight excluding hydrogens is 450 g/mol. The minimum absolute atomic E-state index is 0.0201. The zero-order chi connectivity index (χ0) is 25.4. The Hall–Kier alpha value is -3.43. The molecule has 1 aliphatic rings. The van der Waals surface area contributed by atoms with Crippen LogP contribution in [0.3, 0.4) is 0 Å². The van der Waals surface area contributed by atoms with Crippen LogP contribution in [0.25, 0.3) is 0 Å². The minimum atomic E-state index is -1.57. The Morgan fingerprint density at radius 3 is 2.60 bits per heavy atom. The number of nitrogens with zero attached hydrogens (tertiary/aromatic N) is 1. The number of carbonyl (C=O) groups is 3. The molecule has 0 aromatic heterocycles. The van der Waals surface area contributed by atoms with E-state index in [1.54, 1.807) is 19.1 Å². The number of likely N-dealkylation sites (tertiary alicyclic amines) is 1. The van der Waals surface area contributed by atoms with E-state index >= 15 is 0 Å². The van der Waals surface area contributed by atoms with Gasteiger partial charge >= 0.3 is 0 Å². The molecule has 1 aliphatic heterocycles. The summed E-state index contributed by atoms with van der Waals surface area (Å²) < 4.78 is 4.95. The molecule has 0 radical (unpaired) electrons. The fourth-order valence-corrected chi connectivity index (χ4v) is 4.26. The first-order chi connectivity index (χ1) is 16.8. The van der Waals surface area contributed by atoms with Crippen LogP contribution < -0.4 is 10.6 Å². The number of benzene rings is 2. The number of phenols is 1. The van der Waals surface area contributed by atoms with Gasteiger partial charge in [-0.05, 0) is 43.9 Å². The van der Waals surface area contributed by atoms with Crippen molar-refractivity contribution in [2.24, 2.45) is 0 Å². The molecule has 2 aromatic rings. The van der Waals surface area contributed by atoms with Gasteiger partial charge in [0, 0.05) is 31.3 Å². The predicted molar refractivity (Wildman–Crippen MR) is 130 cm³/mol. The molecular formula is C26H33N3O6. The smallest absolute Gasteiger partial charge is 0.254 e. The summed E-state index contributed by atoms with van der Waals surface area (Å²) >= 11 is 0. The lowest BCUT2D eigenvalue weighted by molar-refractivity contribution is -0.146. The second kappa shape index (κ2) is 12.3. The third kappa shape index (κ3) is 6.58. The maximum Gasteiger partial charge on any atom is 0.254 e. The Morgan fingerprint density at radius 2 is 1.89 bits per heavy atom. The summed E-state index contributed by atoms with van der Waals surface area (Å²) in [5.41, 5.74) is 1.48. The van der Waals surface area contributed by atoms with Gasteiger partial charge in [0.1, 0.15) is 11.8 Å². The number of hydrogen-bond acceptors (Lipinski definition) is 6. The first kappa shape index (κ1) is 26.2. The summed E-state index contributed by atoms with van der Waals surface area (Å²) in [6.45, 7) is 2.64. The van der Waals surface area contributed by atoms with Crippen molar-refractivity contribution in [2.75, 3.05) is 26.8 Å². The fourth-order valence-electron chi connectivity index (χ4n) is 4.26. The van der Waals surface area contributed by atoms with Gasteiger partial charge in [0.15, 0.2) is 6.10 Å². The van der Waals surface area contributed by atoms with Gasteiger partial charge in [0.05, 0.1) is 12.6 Å². The molecule has 35 heavy (non-hydrogen) atoms. The maximum absolute atomic E-state index is 13.3. The van der Waals surface area contributed by atoms with E-state index in [0.29, 0.717) is 38.1 Å². The third-order valence-corrected chi connectivity index (χ3v) is 6.24. The Labute approximate surface area is 205 Å². The van der Waals surface area contributed by atoms with Gasteiger partial charge in [-0.1, -0.05) is 36.4 Å². The number of aromatic hydroxyl groups is 1. The second-order valence-electron chi connectivity index (χ2n) is 8.64. The summed E-state index contributed by atoms with van der Waals surface area (Å²) in [5, 5.41) is 26.6. The number of phenolic OH excluding ortho intramolecular Hbond substituents is 1. The molecule has 4 N–H and O–H groups in total. The van der Waals surface area contributed by atoms with Crippen LogP contribution in [-0.4, -0.2) is 77.8 Å². The largest absolute Gasteiger partial charge is 0.508 e. The molecule has 1 saturated heterocycles. The molecule has 9 nitrogen and oxygen atoms in total. The van der Waals surface area contributed by atoms with Gasteiger partial charge in [-0.3, -0.25) is 14.4 Å². The van der Waals surface area contributed by atoms with Crippen LogP contribution in [0, 0.1) is 6.92 Å². The van der Waals surface area contributed by atoms with Crippen molar-refractivity contribution in [2.45, 2.75) is 44.4 Å². The van der Waals surface area contributed by atoms with E-state index in [9.17, 15) is 24.6 Å². The molecule has 0 aliphatic carbocycles. The van der Waals surface area contributed by atoms with Crippen LogP contribution in [0.1, 0.15) is 34.3 Å². The van der Waals surface area contributed by atoms with Gasteiger partial charge in [-0.25, -0.2) is 0 Å². The Balaban J connectivity index is 1.79. The average molecular weight is 484 g/mol. The first-order valence-electron chi connectivity index (χ1n) is 11.7. The zero-order valence-electron chi connectivity index (χ0n) is 20.1. The van der Waals surface area contributed by atoms with E-state index in [1.165, 1.54) is 18.1 Å². The van der Waals surface area contributed by atoms with Crippen molar-refractivity contribution in [3.63, 3.8) is 0 Å². The SMILES string of the molecule is COCCNC(=O)[C@@H]1CCCN1C(=O)[C@@H](O)[C@H](Cc1ccccc1)NC(=O)c1cccc(O)c1C. The lowest BCUT2D eigenvalue weighted by atomic mass is 9.98. The molecule has 0 spiro atoms. The number of carbonyl (C=O) groups excluding carboxylic acids is 3. The highest BCUT2D eigenvalue weighted by Gasteiger charge is 2.39. The molecule has 0 unspecified atom stereocenters. The third-order valence-electron chi connectivity index (χ3n) is 6.24. The summed E-state index contributed by atoms with van der Waals surface area (Å²) in [5.74, 6) is -1.43. The maximum atomic E-state index is 13.3. The van der Waals surface area contributed by atoms with Crippen LogP contribution in [0.5, 0.6) is 5.75 Å². The molecule has 0 bridgehead atoms. The van der Waals surface area contributed by atoms with Crippen LogP contribution in [0.15, 0.2) is 48.5 Å². The normalized spacial score (nSPS) is 17.0. The fraction of sp³-hybridized carbons (Fsp3) is 0.423. The van der Waals surface area contributed by atoms with Gasteiger partial charge in [-0.2, -0.15) is 0 Å². The molecule has 3 amide bonds. The van der Waals surface area contributed by atoms with E-state index < -0.39 is 30.0 Å². The molecule has 1 heterocycles. The quantitative estimate of drug-likeness (QED) is 0.376. The molecule has 3 rings (SSSR count). The van der Waals surface area contributed by atoms with Crippen LogP contribution in [0.2, 0.25) is 0 Å². The van der Waals surface area contributed by atoms with Gasteiger partial charge < -0.3 is 30.5 Å². The highest BCUT2D eigenvalue weighted by atomic mass is 16.5. The minimum Gasteiger partial charge on any atom is -0.508 e.